The summed E-state index contributed by atoms with van der Waals surface area (Å²) in [5, 5.41) is 6.34. The molecule has 1 aromatic rings. The molecule has 0 aliphatic heterocycles. The Hall–Kier alpha value is -2.88. The molecule has 2 rings (SSSR count). The molecule has 4 amide bonds. The van der Waals surface area contributed by atoms with Crippen LogP contribution in [-0.4, -0.2) is 52.5 Å². The molecular weight excluding hydrogens is 426 g/mol. The van der Waals surface area contributed by atoms with E-state index in [4.69, 9.17) is 16.3 Å². The lowest BCUT2D eigenvalue weighted by Crippen LogP contribution is -2.57. The van der Waals surface area contributed by atoms with E-state index in [1.165, 1.54) is 18.3 Å². The van der Waals surface area contributed by atoms with E-state index in [1.54, 1.807) is 27.8 Å². The van der Waals surface area contributed by atoms with Crippen molar-refractivity contribution in [2.75, 3.05) is 12.4 Å². The predicted octanol–water partition coefficient (Wildman–Crippen LogP) is 2.25. The van der Waals surface area contributed by atoms with Gasteiger partial charge in [-0.15, -0.1) is 0 Å². The summed E-state index contributed by atoms with van der Waals surface area (Å²) >= 11 is 5.76. The number of hydrogen-bond acceptors (Lipinski definition) is 6. The fourth-order valence-corrected chi connectivity index (χ4v) is 3.33. The summed E-state index contributed by atoms with van der Waals surface area (Å²) in [6, 6.07) is 2.45. The summed E-state index contributed by atoms with van der Waals surface area (Å²) in [6.07, 6.45) is 2.75. The van der Waals surface area contributed by atoms with E-state index in [0.29, 0.717) is 30.7 Å². The molecule has 2 atom stereocenters. The van der Waals surface area contributed by atoms with Gasteiger partial charge in [0.2, 0.25) is 5.91 Å². The summed E-state index contributed by atoms with van der Waals surface area (Å²) in [7, 11) is 1.55. The molecule has 1 heterocycles. The average Bonchev–Trinajstić information content (AvgIpc) is 2.71. The fourth-order valence-electron chi connectivity index (χ4n) is 3.22. The lowest BCUT2D eigenvalue weighted by Gasteiger charge is -2.37. The molecule has 170 valence electrons. The highest BCUT2D eigenvalue weighted by Crippen LogP contribution is 2.28. The first-order valence-corrected chi connectivity index (χ1v) is 10.3. The van der Waals surface area contributed by atoms with Crippen LogP contribution >= 0.6 is 11.6 Å². The number of aromatic nitrogens is 1. The molecule has 0 aromatic carbocycles. The second kappa shape index (κ2) is 10.4. The van der Waals surface area contributed by atoms with Crippen LogP contribution in [0.3, 0.4) is 0 Å². The number of ether oxygens (including phenoxy) is 1. The third-order valence-corrected chi connectivity index (χ3v) is 4.84. The normalized spacial score (nSPS) is 18.5. The third-order valence-electron chi connectivity index (χ3n) is 4.62. The van der Waals surface area contributed by atoms with Gasteiger partial charge < -0.3 is 15.4 Å². The van der Waals surface area contributed by atoms with Crippen molar-refractivity contribution in [3.05, 3.63) is 23.4 Å². The van der Waals surface area contributed by atoms with Crippen LogP contribution in [0.2, 0.25) is 5.02 Å². The number of nitrogens with zero attached hydrogens (tertiary/aromatic N) is 2. The Morgan fingerprint density at radius 2 is 1.87 bits per heavy atom. The lowest BCUT2D eigenvalue weighted by atomic mass is 9.85. The van der Waals surface area contributed by atoms with Gasteiger partial charge in [-0.1, -0.05) is 18.0 Å². The molecule has 0 bridgehead atoms. The predicted molar refractivity (Wildman–Crippen MR) is 114 cm³/mol. The lowest BCUT2D eigenvalue weighted by molar-refractivity contribution is -0.140. The highest BCUT2D eigenvalue weighted by Gasteiger charge is 2.36. The van der Waals surface area contributed by atoms with Gasteiger partial charge >= 0.3 is 17.9 Å². The van der Waals surface area contributed by atoms with E-state index >= 15 is 0 Å². The minimum atomic E-state index is -1.07. The number of pyridine rings is 1. The van der Waals surface area contributed by atoms with Crippen molar-refractivity contribution in [1.82, 2.24) is 20.7 Å². The Kier molecular flexibility index (Phi) is 8.21. The maximum Gasteiger partial charge on any atom is 0.429 e. The molecule has 31 heavy (non-hydrogen) atoms. The Labute approximate surface area is 186 Å². The van der Waals surface area contributed by atoms with E-state index in [-0.39, 0.29) is 17.6 Å². The van der Waals surface area contributed by atoms with Crippen LogP contribution in [0.25, 0.3) is 0 Å². The monoisotopic (exact) mass is 453 g/mol. The minimum absolute atomic E-state index is 0.130. The highest BCUT2D eigenvalue weighted by atomic mass is 35.5. The molecule has 3 N–H and O–H groups in total. The van der Waals surface area contributed by atoms with Gasteiger partial charge in [0.25, 0.3) is 0 Å². The topological polar surface area (TPSA) is 130 Å². The molecule has 1 unspecified atom stereocenters. The van der Waals surface area contributed by atoms with Gasteiger partial charge in [-0.3, -0.25) is 19.8 Å². The maximum atomic E-state index is 12.8. The van der Waals surface area contributed by atoms with Crippen LogP contribution in [0.4, 0.5) is 10.6 Å². The van der Waals surface area contributed by atoms with Crippen LogP contribution in [0.15, 0.2) is 18.3 Å². The van der Waals surface area contributed by atoms with E-state index in [2.05, 4.69) is 21.0 Å². The van der Waals surface area contributed by atoms with E-state index < -0.39 is 29.6 Å². The maximum absolute atomic E-state index is 12.8. The standard InChI is InChI=1S/C20H28ClN5O5/c1-20(2,3)31-19(30)26(14-7-5-6-12(10-14)16(27)22-4)25-18(29)17(28)24-15-9-8-13(21)11-23-15/h8-9,11-12,14H,5-7,10H2,1-4H3,(H,22,27)(H,25,29)(H,23,24,28)/t12-,14?/m0/s1. The van der Waals surface area contributed by atoms with Crippen molar-refractivity contribution < 1.29 is 23.9 Å². The van der Waals surface area contributed by atoms with Crippen molar-refractivity contribution in [3.63, 3.8) is 0 Å². The van der Waals surface area contributed by atoms with Crippen LogP contribution < -0.4 is 16.1 Å². The minimum Gasteiger partial charge on any atom is -0.442 e. The zero-order valence-corrected chi connectivity index (χ0v) is 18.8. The first-order valence-electron chi connectivity index (χ1n) is 9.97. The largest absolute Gasteiger partial charge is 0.442 e. The first kappa shape index (κ1) is 24.4. The second-order valence-electron chi connectivity index (χ2n) is 8.24. The molecule has 1 aliphatic rings. The summed E-state index contributed by atoms with van der Waals surface area (Å²) in [4.78, 5) is 53.6. The zero-order valence-electron chi connectivity index (χ0n) is 18.0. The van der Waals surface area contributed by atoms with Crippen LogP contribution in [0.1, 0.15) is 46.5 Å². The van der Waals surface area contributed by atoms with Crippen molar-refractivity contribution in [2.45, 2.75) is 58.1 Å². The average molecular weight is 454 g/mol. The van der Waals surface area contributed by atoms with Crippen LogP contribution in [-0.2, 0) is 19.1 Å². The number of amides is 4. The third kappa shape index (κ3) is 7.39. The molecule has 0 saturated heterocycles. The number of anilines is 1. The molecule has 0 radical (unpaired) electrons. The number of carbonyl (C=O) groups excluding carboxylic acids is 4. The zero-order chi connectivity index (χ0) is 23.2. The molecule has 1 saturated carbocycles. The number of hydrazine groups is 1. The van der Waals surface area contributed by atoms with Gasteiger partial charge in [0, 0.05) is 19.2 Å². The molecule has 11 heteroatoms. The van der Waals surface area contributed by atoms with Gasteiger partial charge in [-0.25, -0.2) is 14.8 Å². The Morgan fingerprint density at radius 1 is 1.16 bits per heavy atom. The number of nitrogens with one attached hydrogen (secondary N) is 3. The van der Waals surface area contributed by atoms with Crippen LogP contribution in [0.5, 0.6) is 0 Å². The summed E-state index contributed by atoms with van der Waals surface area (Å²) in [5.74, 6) is -2.39. The Balaban J connectivity index is 2.14. The van der Waals surface area contributed by atoms with Crippen molar-refractivity contribution in [1.29, 1.82) is 0 Å². The van der Waals surface area contributed by atoms with Crippen molar-refractivity contribution in [2.24, 2.45) is 5.92 Å². The van der Waals surface area contributed by atoms with Crippen LogP contribution in [0, 0.1) is 5.92 Å². The highest BCUT2D eigenvalue weighted by molar-refractivity contribution is 6.39. The number of hydrogen-bond donors (Lipinski definition) is 3. The number of rotatable bonds is 3. The Bertz CT molecular complexity index is 824. The van der Waals surface area contributed by atoms with E-state index in [0.717, 1.165) is 5.01 Å². The van der Waals surface area contributed by atoms with Gasteiger partial charge in [-0.2, -0.15) is 0 Å². The summed E-state index contributed by atoms with van der Waals surface area (Å²) < 4.78 is 5.40. The second-order valence-corrected chi connectivity index (χ2v) is 8.68. The molecule has 1 aliphatic carbocycles. The molecular formula is C20H28ClN5O5. The quantitative estimate of drug-likeness (QED) is 0.475. The SMILES string of the molecule is CNC(=O)[C@H]1CCCC(N(NC(=O)C(=O)Nc2ccc(Cl)cn2)C(=O)OC(C)(C)C)C1. The summed E-state index contributed by atoms with van der Waals surface area (Å²) in [6.45, 7) is 5.08. The number of halogens is 1. The van der Waals surface area contributed by atoms with Crippen molar-refractivity contribution in [3.8, 4) is 0 Å². The van der Waals surface area contributed by atoms with E-state index in [9.17, 15) is 19.2 Å². The Morgan fingerprint density at radius 3 is 2.45 bits per heavy atom. The smallest absolute Gasteiger partial charge is 0.429 e. The van der Waals surface area contributed by atoms with Gasteiger partial charge in [0.1, 0.15) is 11.4 Å². The van der Waals surface area contributed by atoms with E-state index in [1.807, 2.05) is 0 Å². The molecule has 1 fully saturated rings. The summed E-state index contributed by atoms with van der Waals surface area (Å²) in [5.41, 5.74) is 1.53. The number of carbonyl (C=O) groups is 4. The van der Waals surface area contributed by atoms with Gasteiger partial charge in [0.05, 0.1) is 11.1 Å². The van der Waals surface area contributed by atoms with Crippen molar-refractivity contribution >= 4 is 41.2 Å². The first-order chi connectivity index (χ1) is 14.5. The molecule has 0 spiro atoms. The molecule has 1 aromatic heterocycles. The van der Waals surface area contributed by atoms with Gasteiger partial charge in [0.15, 0.2) is 0 Å². The fraction of sp³-hybridized carbons (Fsp3) is 0.550. The molecule has 10 nitrogen and oxygen atoms in total. The van der Waals surface area contributed by atoms with Gasteiger partial charge in [-0.05, 0) is 52.2 Å².